The van der Waals surface area contributed by atoms with Crippen molar-refractivity contribution in [3.8, 4) is 0 Å². The summed E-state index contributed by atoms with van der Waals surface area (Å²) in [5.41, 5.74) is 0. The van der Waals surface area contributed by atoms with Gasteiger partial charge in [-0.3, -0.25) is 4.57 Å². The average Bonchev–Trinajstić information content (AvgIpc) is 1.87. The lowest BCUT2D eigenvalue weighted by Gasteiger charge is -2.07. The second-order valence-electron chi connectivity index (χ2n) is 1.68. The number of allylic oxidation sites excluding steroid dienone is 1. The summed E-state index contributed by atoms with van der Waals surface area (Å²) in [6.45, 7) is 1.39. The highest BCUT2D eigenvalue weighted by Crippen LogP contribution is 2.48. The Morgan fingerprint density at radius 1 is 1.50 bits per heavy atom. The first-order valence-corrected chi connectivity index (χ1v) is 4.25. The minimum absolute atomic E-state index is 0.0768. The summed E-state index contributed by atoms with van der Waals surface area (Å²) < 4.78 is 20.1. The Kier molecular flexibility index (Phi) is 3.64. The molecule has 0 bridgehead atoms. The summed E-state index contributed by atoms with van der Waals surface area (Å²) in [6.07, 6.45) is 0. The summed E-state index contributed by atoms with van der Waals surface area (Å²) in [7, 11) is -0.642. The van der Waals surface area contributed by atoms with Crippen LogP contribution in [0.4, 0.5) is 0 Å². The SMILES string of the molecule is COP(=O)(C=C(C)O)OC. The van der Waals surface area contributed by atoms with Gasteiger partial charge in [0.1, 0.15) is 0 Å². The second-order valence-corrected chi connectivity index (χ2v) is 3.74. The van der Waals surface area contributed by atoms with Crippen LogP contribution in [-0.2, 0) is 13.6 Å². The van der Waals surface area contributed by atoms with Gasteiger partial charge in [-0.15, -0.1) is 0 Å². The highest BCUT2D eigenvalue weighted by atomic mass is 31.2. The Morgan fingerprint density at radius 2 is 1.90 bits per heavy atom. The van der Waals surface area contributed by atoms with Crippen molar-refractivity contribution in [1.29, 1.82) is 0 Å². The van der Waals surface area contributed by atoms with Gasteiger partial charge in [0.15, 0.2) is 0 Å². The van der Waals surface area contributed by atoms with E-state index in [4.69, 9.17) is 5.11 Å². The first kappa shape index (κ1) is 9.69. The van der Waals surface area contributed by atoms with E-state index in [0.29, 0.717) is 0 Å². The molecular formula is C5H11O4P. The van der Waals surface area contributed by atoms with E-state index in [2.05, 4.69) is 9.05 Å². The smallest absolute Gasteiger partial charge is 0.356 e. The minimum atomic E-state index is -3.15. The molecule has 0 atom stereocenters. The van der Waals surface area contributed by atoms with Crippen molar-refractivity contribution in [3.63, 3.8) is 0 Å². The molecule has 0 aromatic rings. The third-order valence-corrected chi connectivity index (χ3v) is 2.56. The van der Waals surface area contributed by atoms with Crippen LogP contribution in [0.5, 0.6) is 0 Å². The van der Waals surface area contributed by atoms with E-state index >= 15 is 0 Å². The molecule has 0 aliphatic rings. The zero-order valence-corrected chi connectivity index (χ0v) is 7.09. The Morgan fingerprint density at radius 3 is 2.00 bits per heavy atom. The molecule has 5 heteroatoms. The molecule has 0 spiro atoms. The predicted octanol–water partition coefficient (Wildman–Crippen LogP) is 1.89. The standard InChI is InChI=1S/C5H11O4P/c1-5(6)4-10(7,8-2)9-3/h4,6H,1-3H3. The number of hydrogen-bond donors (Lipinski definition) is 1. The third-order valence-electron chi connectivity index (χ3n) is 0.854. The van der Waals surface area contributed by atoms with Crippen molar-refractivity contribution in [1.82, 2.24) is 0 Å². The van der Waals surface area contributed by atoms with Crippen LogP contribution < -0.4 is 0 Å². The van der Waals surface area contributed by atoms with E-state index in [1.165, 1.54) is 21.1 Å². The van der Waals surface area contributed by atoms with Crippen LogP contribution in [0.25, 0.3) is 0 Å². The highest BCUT2D eigenvalue weighted by Gasteiger charge is 2.16. The summed E-state index contributed by atoms with van der Waals surface area (Å²) in [4.78, 5) is 0. The normalized spacial score (nSPS) is 13.7. The number of aliphatic hydroxyl groups is 1. The lowest BCUT2D eigenvalue weighted by Crippen LogP contribution is -1.84. The maximum Gasteiger partial charge on any atom is 0.356 e. The van der Waals surface area contributed by atoms with Crippen molar-refractivity contribution >= 4 is 7.60 Å². The van der Waals surface area contributed by atoms with Gasteiger partial charge in [0, 0.05) is 14.2 Å². The highest BCUT2D eigenvalue weighted by molar-refractivity contribution is 7.57. The van der Waals surface area contributed by atoms with Gasteiger partial charge < -0.3 is 14.2 Å². The molecule has 0 amide bonds. The summed E-state index contributed by atoms with van der Waals surface area (Å²) in [5.74, 6) is 0.972. The van der Waals surface area contributed by atoms with Crippen LogP contribution >= 0.6 is 7.60 Å². The molecule has 0 aromatic heterocycles. The lowest BCUT2D eigenvalue weighted by molar-refractivity contribution is 0.284. The van der Waals surface area contributed by atoms with Gasteiger partial charge in [-0.1, -0.05) is 0 Å². The Labute approximate surface area is 60.0 Å². The van der Waals surface area contributed by atoms with Crippen LogP contribution in [0.15, 0.2) is 11.6 Å². The Hall–Kier alpha value is -0.310. The van der Waals surface area contributed by atoms with Gasteiger partial charge in [-0.25, -0.2) is 0 Å². The van der Waals surface area contributed by atoms with Crippen LogP contribution in [0.3, 0.4) is 0 Å². The molecule has 0 saturated carbocycles. The van der Waals surface area contributed by atoms with Gasteiger partial charge >= 0.3 is 7.60 Å². The molecule has 0 heterocycles. The van der Waals surface area contributed by atoms with Gasteiger partial charge in [0.25, 0.3) is 0 Å². The number of hydrogen-bond acceptors (Lipinski definition) is 4. The molecule has 10 heavy (non-hydrogen) atoms. The lowest BCUT2D eigenvalue weighted by atomic mass is 10.7. The first-order valence-electron chi connectivity index (χ1n) is 2.63. The monoisotopic (exact) mass is 166 g/mol. The van der Waals surface area contributed by atoms with Crippen LogP contribution in [0, 0.1) is 0 Å². The van der Waals surface area contributed by atoms with E-state index < -0.39 is 7.60 Å². The van der Waals surface area contributed by atoms with Crippen molar-refractivity contribution in [3.05, 3.63) is 11.6 Å². The molecule has 0 rings (SSSR count). The van der Waals surface area contributed by atoms with Gasteiger partial charge in [0.05, 0.1) is 11.6 Å². The molecule has 0 aromatic carbocycles. The van der Waals surface area contributed by atoms with Gasteiger partial charge in [0.2, 0.25) is 0 Å². The van der Waals surface area contributed by atoms with Crippen LogP contribution in [-0.4, -0.2) is 19.3 Å². The molecular weight excluding hydrogens is 155 g/mol. The van der Waals surface area contributed by atoms with Crippen molar-refractivity contribution in [2.45, 2.75) is 6.92 Å². The fraction of sp³-hybridized carbons (Fsp3) is 0.600. The molecule has 0 saturated heterocycles. The van der Waals surface area contributed by atoms with E-state index in [9.17, 15) is 4.57 Å². The van der Waals surface area contributed by atoms with Crippen LogP contribution in [0.1, 0.15) is 6.92 Å². The predicted molar refractivity (Wildman–Crippen MR) is 38.0 cm³/mol. The maximum absolute atomic E-state index is 11.1. The summed E-state index contributed by atoms with van der Waals surface area (Å²) in [5, 5.41) is 8.68. The molecule has 0 radical (unpaired) electrons. The minimum Gasteiger partial charge on any atom is -0.512 e. The third kappa shape index (κ3) is 3.01. The first-order chi connectivity index (χ1) is 4.54. The molecule has 60 valence electrons. The number of rotatable bonds is 3. The molecule has 0 aliphatic heterocycles. The quantitative estimate of drug-likeness (QED) is 0.513. The summed E-state index contributed by atoms with van der Waals surface area (Å²) in [6, 6.07) is 0. The van der Waals surface area contributed by atoms with Gasteiger partial charge in [-0.2, -0.15) is 0 Å². The molecule has 0 fully saturated rings. The van der Waals surface area contributed by atoms with Gasteiger partial charge in [-0.05, 0) is 6.92 Å². The Bertz CT molecular complexity index is 162. The maximum atomic E-state index is 11.1. The molecule has 0 unspecified atom stereocenters. The van der Waals surface area contributed by atoms with Crippen LogP contribution in [0.2, 0.25) is 0 Å². The fourth-order valence-electron chi connectivity index (χ4n) is 0.409. The molecule has 1 N–H and O–H groups in total. The van der Waals surface area contributed by atoms with E-state index in [0.717, 1.165) is 5.82 Å². The van der Waals surface area contributed by atoms with Crippen molar-refractivity contribution in [2.24, 2.45) is 0 Å². The summed E-state index contributed by atoms with van der Waals surface area (Å²) >= 11 is 0. The molecule has 0 aliphatic carbocycles. The Balaban J connectivity index is 4.37. The number of aliphatic hydroxyl groups excluding tert-OH is 1. The fourth-order valence-corrected chi connectivity index (χ4v) is 1.23. The molecule has 4 nitrogen and oxygen atoms in total. The van der Waals surface area contributed by atoms with E-state index in [1.807, 2.05) is 0 Å². The average molecular weight is 166 g/mol. The second kappa shape index (κ2) is 3.76. The largest absolute Gasteiger partial charge is 0.512 e. The van der Waals surface area contributed by atoms with E-state index in [1.54, 1.807) is 0 Å². The zero-order chi connectivity index (χ0) is 8.20. The van der Waals surface area contributed by atoms with Crippen molar-refractivity contribution in [2.75, 3.05) is 14.2 Å². The zero-order valence-electron chi connectivity index (χ0n) is 6.20. The topological polar surface area (TPSA) is 55.8 Å². The van der Waals surface area contributed by atoms with Crippen molar-refractivity contribution < 1.29 is 18.7 Å². The van der Waals surface area contributed by atoms with E-state index in [-0.39, 0.29) is 5.76 Å².